The predicted octanol–water partition coefficient (Wildman–Crippen LogP) is 1.82. The van der Waals surface area contributed by atoms with Crippen LogP contribution in [-0.2, 0) is 22.7 Å². The first kappa shape index (κ1) is 15.7. The van der Waals surface area contributed by atoms with Crippen LogP contribution in [0.2, 0.25) is 0 Å². The van der Waals surface area contributed by atoms with Gasteiger partial charge in [0.05, 0.1) is 4.90 Å². The van der Waals surface area contributed by atoms with E-state index in [9.17, 15) is 21.6 Å². The van der Waals surface area contributed by atoms with E-state index in [2.05, 4.69) is 14.7 Å². The fourth-order valence-corrected chi connectivity index (χ4v) is 2.48. The molecule has 0 bridgehead atoms. The van der Waals surface area contributed by atoms with Gasteiger partial charge in [0.2, 0.25) is 21.0 Å². The van der Waals surface area contributed by atoms with Gasteiger partial charge in [-0.15, -0.1) is 0 Å². The number of rotatable bonds is 4. The van der Waals surface area contributed by atoms with Crippen molar-refractivity contribution in [2.75, 3.05) is 5.32 Å². The second-order valence-electron chi connectivity index (χ2n) is 3.96. The van der Waals surface area contributed by atoms with Gasteiger partial charge in [-0.1, -0.05) is 12.1 Å². The van der Waals surface area contributed by atoms with Crippen LogP contribution in [0.25, 0.3) is 0 Å². The van der Waals surface area contributed by atoms with Crippen LogP contribution in [0.1, 0.15) is 11.4 Å². The van der Waals surface area contributed by atoms with Crippen molar-refractivity contribution in [2.24, 2.45) is 5.14 Å². The number of halogens is 3. The molecular weight excluding hydrogens is 329 g/mol. The van der Waals surface area contributed by atoms with Gasteiger partial charge in [-0.3, -0.25) is 0 Å². The average Bonchev–Trinajstić information content (AvgIpc) is 2.84. The molecule has 6 nitrogen and oxygen atoms in total. The average molecular weight is 338 g/mol. The highest BCUT2D eigenvalue weighted by atomic mass is 32.2. The lowest BCUT2D eigenvalue weighted by Crippen LogP contribution is -2.12. The van der Waals surface area contributed by atoms with E-state index in [1.54, 1.807) is 0 Å². The molecule has 2 aromatic rings. The van der Waals surface area contributed by atoms with E-state index in [4.69, 9.17) is 5.14 Å². The van der Waals surface area contributed by atoms with Crippen LogP contribution in [0.15, 0.2) is 29.2 Å². The minimum Gasteiger partial charge on any atom is -0.356 e. The zero-order valence-electron chi connectivity index (χ0n) is 10.3. The summed E-state index contributed by atoms with van der Waals surface area (Å²) in [5, 5.41) is 7.65. The molecule has 1 aromatic carbocycles. The Kier molecular flexibility index (Phi) is 4.16. The molecule has 0 aliphatic carbocycles. The Morgan fingerprint density at radius 2 is 1.86 bits per heavy atom. The maximum atomic E-state index is 12.3. The molecule has 11 heteroatoms. The van der Waals surface area contributed by atoms with Crippen LogP contribution in [0.4, 0.5) is 18.3 Å². The van der Waals surface area contributed by atoms with E-state index in [0.29, 0.717) is 17.1 Å². The van der Waals surface area contributed by atoms with Crippen LogP contribution in [0.3, 0.4) is 0 Å². The number of sulfonamides is 1. The van der Waals surface area contributed by atoms with Gasteiger partial charge in [-0.05, 0) is 17.7 Å². The fraction of sp³-hybridized carbons (Fsp3) is 0.200. The molecule has 0 aliphatic rings. The fourth-order valence-electron chi connectivity index (χ4n) is 1.39. The second kappa shape index (κ2) is 5.58. The first-order valence-electron chi connectivity index (χ1n) is 5.43. The van der Waals surface area contributed by atoms with Crippen LogP contribution in [-0.4, -0.2) is 17.8 Å². The molecule has 0 atom stereocenters. The van der Waals surface area contributed by atoms with Gasteiger partial charge in [-0.25, -0.2) is 13.6 Å². The minimum atomic E-state index is -4.58. The molecule has 0 saturated heterocycles. The highest BCUT2D eigenvalue weighted by Crippen LogP contribution is 2.29. The smallest absolute Gasteiger partial charge is 0.356 e. The normalized spacial score (nSPS) is 12.4. The van der Waals surface area contributed by atoms with E-state index in [0.717, 1.165) is 0 Å². The van der Waals surface area contributed by atoms with E-state index < -0.39 is 22.0 Å². The standard InChI is InChI=1S/C10H9F3N4O2S2/c11-10(12,13)8-16-9(20-17-8)15-5-6-1-3-7(4-2-6)21(14,18)19/h1-4H,5H2,(H2,14,18,19)(H,15,16,17). The van der Waals surface area contributed by atoms with Crippen molar-refractivity contribution in [1.29, 1.82) is 0 Å². The molecule has 2 rings (SSSR count). The topological polar surface area (TPSA) is 98.0 Å². The monoisotopic (exact) mass is 338 g/mol. The first-order valence-corrected chi connectivity index (χ1v) is 7.75. The molecule has 0 aliphatic heterocycles. The molecule has 0 fully saturated rings. The summed E-state index contributed by atoms with van der Waals surface area (Å²) < 4.78 is 62.2. The molecule has 0 radical (unpaired) electrons. The van der Waals surface area contributed by atoms with Crippen LogP contribution < -0.4 is 10.5 Å². The molecule has 0 amide bonds. The molecule has 3 N–H and O–H groups in total. The van der Waals surface area contributed by atoms with Crippen LogP contribution in [0.5, 0.6) is 0 Å². The Bertz CT molecular complexity index is 726. The third kappa shape index (κ3) is 4.12. The Labute approximate surface area is 122 Å². The van der Waals surface area contributed by atoms with Gasteiger partial charge in [0, 0.05) is 18.1 Å². The predicted molar refractivity (Wildman–Crippen MR) is 70.1 cm³/mol. The Morgan fingerprint density at radius 1 is 1.24 bits per heavy atom. The zero-order valence-corrected chi connectivity index (χ0v) is 11.9. The lowest BCUT2D eigenvalue weighted by Gasteiger charge is -2.04. The number of nitrogens with zero attached hydrogens (tertiary/aromatic N) is 2. The SMILES string of the molecule is NS(=O)(=O)c1ccc(CNc2nc(C(F)(F)F)ns2)cc1. The summed E-state index contributed by atoms with van der Waals surface area (Å²) in [5.41, 5.74) is 0.658. The van der Waals surface area contributed by atoms with Crippen molar-refractivity contribution < 1.29 is 21.6 Å². The minimum absolute atomic E-state index is 0.0258. The second-order valence-corrected chi connectivity index (χ2v) is 6.28. The summed E-state index contributed by atoms with van der Waals surface area (Å²) in [6, 6.07) is 5.62. The summed E-state index contributed by atoms with van der Waals surface area (Å²) in [7, 11) is -3.77. The zero-order chi connectivity index (χ0) is 15.7. The molecule has 0 saturated carbocycles. The van der Waals surface area contributed by atoms with Crippen molar-refractivity contribution in [3.05, 3.63) is 35.7 Å². The van der Waals surface area contributed by atoms with Crippen LogP contribution >= 0.6 is 11.5 Å². The van der Waals surface area contributed by atoms with Crippen molar-refractivity contribution in [3.63, 3.8) is 0 Å². The number of aromatic nitrogens is 2. The van der Waals surface area contributed by atoms with E-state index in [1.807, 2.05) is 0 Å². The first-order chi connectivity index (χ1) is 9.66. The third-order valence-electron chi connectivity index (χ3n) is 2.38. The molecule has 0 spiro atoms. The molecule has 1 aromatic heterocycles. The van der Waals surface area contributed by atoms with Gasteiger partial charge in [0.1, 0.15) is 0 Å². The number of primary sulfonamides is 1. The Balaban J connectivity index is 2.02. The summed E-state index contributed by atoms with van der Waals surface area (Å²) >= 11 is 0.595. The number of hydrogen-bond donors (Lipinski definition) is 2. The van der Waals surface area contributed by atoms with Gasteiger partial charge in [-0.2, -0.15) is 22.5 Å². The van der Waals surface area contributed by atoms with Crippen molar-refractivity contribution >= 4 is 26.7 Å². The van der Waals surface area contributed by atoms with E-state index in [1.165, 1.54) is 24.3 Å². The number of anilines is 1. The van der Waals surface area contributed by atoms with Crippen molar-refractivity contribution in [2.45, 2.75) is 17.6 Å². The third-order valence-corrected chi connectivity index (χ3v) is 3.98. The Morgan fingerprint density at radius 3 is 2.33 bits per heavy atom. The highest BCUT2D eigenvalue weighted by molar-refractivity contribution is 7.89. The molecule has 0 unspecified atom stereocenters. The van der Waals surface area contributed by atoms with E-state index in [-0.39, 0.29) is 16.6 Å². The highest BCUT2D eigenvalue weighted by Gasteiger charge is 2.36. The quantitative estimate of drug-likeness (QED) is 0.886. The maximum Gasteiger partial charge on any atom is 0.452 e. The van der Waals surface area contributed by atoms with E-state index >= 15 is 0 Å². The number of benzene rings is 1. The van der Waals surface area contributed by atoms with Gasteiger partial charge in [0.25, 0.3) is 0 Å². The number of hydrogen-bond acceptors (Lipinski definition) is 6. The lowest BCUT2D eigenvalue weighted by molar-refractivity contribution is -0.144. The number of nitrogens with one attached hydrogen (secondary N) is 1. The molecule has 21 heavy (non-hydrogen) atoms. The summed E-state index contributed by atoms with van der Waals surface area (Å²) in [5.74, 6) is -1.19. The van der Waals surface area contributed by atoms with Crippen molar-refractivity contribution in [3.8, 4) is 0 Å². The largest absolute Gasteiger partial charge is 0.452 e. The lowest BCUT2D eigenvalue weighted by atomic mass is 10.2. The molecule has 114 valence electrons. The van der Waals surface area contributed by atoms with Gasteiger partial charge >= 0.3 is 6.18 Å². The van der Waals surface area contributed by atoms with Crippen molar-refractivity contribution in [1.82, 2.24) is 9.36 Å². The summed E-state index contributed by atoms with van der Waals surface area (Å²) in [4.78, 5) is 3.27. The van der Waals surface area contributed by atoms with Crippen LogP contribution in [0, 0.1) is 0 Å². The number of alkyl halides is 3. The summed E-state index contributed by atoms with van der Waals surface area (Å²) in [6.07, 6.45) is -4.58. The molecular formula is C10H9F3N4O2S2. The van der Waals surface area contributed by atoms with Gasteiger partial charge < -0.3 is 5.32 Å². The van der Waals surface area contributed by atoms with Gasteiger partial charge in [0.15, 0.2) is 0 Å². The Hall–Kier alpha value is -1.72. The summed E-state index contributed by atoms with van der Waals surface area (Å²) in [6.45, 7) is 0.178. The maximum absolute atomic E-state index is 12.3. The molecule has 1 heterocycles. The number of nitrogens with two attached hydrogens (primary N) is 1.